The molecule has 0 fully saturated rings. The molecular formula is C22H22BrClN4O4. The normalized spacial score (nSPS) is 10.6. The average Bonchev–Trinajstić information content (AvgIpc) is 3.01. The van der Waals surface area contributed by atoms with Gasteiger partial charge in [0.1, 0.15) is 5.75 Å². The van der Waals surface area contributed by atoms with Crippen LogP contribution in [-0.2, 0) is 18.3 Å². The van der Waals surface area contributed by atoms with Crippen molar-refractivity contribution in [2.45, 2.75) is 20.4 Å². The number of amides is 2. The van der Waals surface area contributed by atoms with Gasteiger partial charge in [0.15, 0.2) is 16.6 Å². The Hall–Kier alpha value is -3.04. The fourth-order valence-electron chi connectivity index (χ4n) is 3.09. The van der Waals surface area contributed by atoms with E-state index in [0.717, 1.165) is 26.2 Å². The zero-order valence-corrected chi connectivity index (χ0v) is 20.3. The minimum atomic E-state index is -0.721. The summed E-state index contributed by atoms with van der Waals surface area (Å²) < 4.78 is 12.8. The number of aryl methyl sites for hydroxylation is 3. The second kappa shape index (κ2) is 10.1. The lowest BCUT2D eigenvalue weighted by Crippen LogP contribution is -2.46. The second-order valence-electron chi connectivity index (χ2n) is 7.08. The topological polar surface area (TPSA) is 85.7 Å². The van der Waals surface area contributed by atoms with Crippen LogP contribution in [0.15, 0.2) is 46.9 Å². The van der Waals surface area contributed by atoms with Gasteiger partial charge in [-0.2, -0.15) is 5.10 Å². The molecule has 0 atom stereocenters. The molecule has 1 aromatic heterocycles. The van der Waals surface area contributed by atoms with Crippen molar-refractivity contribution in [1.29, 1.82) is 0 Å². The monoisotopic (exact) mass is 520 g/mol. The number of hydrogen-bond donors (Lipinski definition) is 1. The van der Waals surface area contributed by atoms with Gasteiger partial charge in [-0.3, -0.25) is 14.9 Å². The fraction of sp³-hybridized carbons (Fsp3) is 0.227. The highest BCUT2D eigenvalue weighted by Crippen LogP contribution is 2.33. The predicted molar refractivity (Wildman–Crippen MR) is 124 cm³/mol. The van der Waals surface area contributed by atoms with E-state index >= 15 is 0 Å². The molecule has 0 radical (unpaired) electrons. The Morgan fingerprint density at radius 2 is 1.97 bits per heavy atom. The van der Waals surface area contributed by atoms with Crippen LogP contribution in [0.5, 0.6) is 11.5 Å². The number of carbonyl (C=O) groups excluding carboxylic acids is 2. The molecule has 0 unspecified atom stereocenters. The zero-order valence-electron chi connectivity index (χ0n) is 18.0. The maximum atomic E-state index is 13.1. The first-order valence-electron chi connectivity index (χ1n) is 9.58. The lowest BCUT2D eigenvalue weighted by Gasteiger charge is -2.23. The van der Waals surface area contributed by atoms with Crippen molar-refractivity contribution in [3.63, 3.8) is 0 Å². The molecule has 0 spiro atoms. The molecule has 0 bridgehead atoms. The van der Waals surface area contributed by atoms with Crippen molar-refractivity contribution in [3.8, 4) is 11.5 Å². The van der Waals surface area contributed by atoms with Gasteiger partial charge in [-0.15, -0.1) is 0 Å². The summed E-state index contributed by atoms with van der Waals surface area (Å²) in [5.74, 6) is -0.100. The summed E-state index contributed by atoms with van der Waals surface area (Å²) in [6.45, 7) is 4.03. The number of hydrogen-bond acceptors (Lipinski definition) is 5. The molecule has 0 aliphatic rings. The SMILES string of the molecule is COC(=O)N(Cc1ccc(C)cc1C)NC(=O)c1c(Oc2cccc(Br)c2)c(Cl)nn1C. The van der Waals surface area contributed by atoms with Gasteiger partial charge in [-0.05, 0) is 43.2 Å². The van der Waals surface area contributed by atoms with E-state index in [1.54, 1.807) is 25.2 Å². The number of aromatic nitrogens is 2. The van der Waals surface area contributed by atoms with Crippen LogP contribution in [0.3, 0.4) is 0 Å². The number of carbonyl (C=O) groups is 2. The number of ether oxygens (including phenoxy) is 2. The number of hydrazine groups is 1. The standard InChI is InChI=1S/C22H22BrClN4O4/c1-13-8-9-15(14(2)10-13)12-28(22(30)31-4)26-21(29)18-19(20(24)25-27(18)3)32-17-7-5-6-16(23)11-17/h5-11H,12H2,1-4H3,(H,26,29). The Morgan fingerprint density at radius 3 is 2.62 bits per heavy atom. The molecule has 10 heteroatoms. The molecule has 0 aliphatic heterocycles. The third-order valence-electron chi connectivity index (χ3n) is 4.65. The number of halogens is 2. The summed E-state index contributed by atoms with van der Waals surface area (Å²) in [6, 6.07) is 12.9. The van der Waals surface area contributed by atoms with Crippen LogP contribution in [0.4, 0.5) is 4.79 Å². The predicted octanol–water partition coefficient (Wildman–Crippen LogP) is 5.16. The fourth-order valence-corrected chi connectivity index (χ4v) is 3.71. The van der Waals surface area contributed by atoms with Crippen molar-refractivity contribution < 1.29 is 19.1 Å². The molecule has 1 heterocycles. The molecule has 32 heavy (non-hydrogen) atoms. The Balaban J connectivity index is 1.88. The smallest absolute Gasteiger partial charge is 0.428 e. The summed E-state index contributed by atoms with van der Waals surface area (Å²) in [7, 11) is 2.80. The molecule has 3 rings (SSSR count). The summed E-state index contributed by atoms with van der Waals surface area (Å²) in [5, 5.41) is 5.18. The largest absolute Gasteiger partial charge is 0.452 e. The highest BCUT2D eigenvalue weighted by Gasteiger charge is 2.27. The minimum Gasteiger partial charge on any atom is -0.452 e. The Bertz CT molecular complexity index is 1160. The first kappa shape index (κ1) is 23.6. The quantitative estimate of drug-likeness (QED) is 0.469. The van der Waals surface area contributed by atoms with Gasteiger partial charge in [0.2, 0.25) is 0 Å². The summed E-state index contributed by atoms with van der Waals surface area (Å²) in [4.78, 5) is 25.5. The first-order valence-corrected chi connectivity index (χ1v) is 10.7. The molecule has 2 amide bonds. The van der Waals surface area contributed by atoms with Crippen LogP contribution in [-0.4, -0.2) is 33.9 Å². The van der Waals surface area contributed by atoms with Crippen LogP contribution in [0.25, 0.3) is 0 Å². The zero-order chi connectivity index (χ0) is 23.4. The maximum Gasteiger partial charge on any atom is 0.428 e. The van der Waals surface area contributed by atoms with Gasteiger partial charge in [0.05, 0.1) is 13.7 Å². The van der Waals surface area contributed by atoms with Gasteiger partial charge in [-0.1, -0.05) is 57.4 Å². The average molecular weight is 522 g/mol. The number of methoxy groups -OCH3 is 1. The lowest BCUT2D eigenvalue weighted by atomic mass is 10.1. The van der Waals surface area contributed by atoms with E-state index in [4.69, 9.17) is 21.1 Å². The second-order valence-corrected chi connectivity index (χ2v) is 8.35. The number of rotatable bonds is 5. The summed E-state index contributed by atoms with van der Waals surface area (Å²) >= 11 is 9.60. The Morgan fingerprint density at radius 1 is 1.22 bits per heavy atom. The van der Waals surface area contributed by atoms with Crippen LogP contribution in [0, 0.1) is 13.8 Å². The van der Waals surface area contributed by atoms with E-state index in [1.807, 2.05) is 38.1 Å². The van der Waals surface area contributed by atoms with Crippen molar-refractivity contribution in [3.05, 3.63) is 74.5 Å². The van der Waals surface area contributed by atoms with E-state index in [1.165, 1.54) is 11.8 Å². The van der Waals surface area contributed by atoms with E-state index in [-0.39, 0.29) is 23.1 Å². The van der Waals surface area contributed by atoms with Crippen LogP contribution >= 0.6 is 27.5 Å². The summed E-state index contributed by atoms with van der Waals surface area (Å²) in [6.07, 6.45) is -0.721. The lowest BCUT2D eigenvalue weighted by molar-refractivity contribution is 0.0680. The summed E-state index contributed by atoms with van der Waals surface area (Å²) in [5.41, 5.74) is 5.56. The van der Waals surface area contributed by atoms with Crippen LogP contribution < -0.4 is 10.2 Å². The van der Waals surface area contributed by atoms with Crippen LogP contribution in [0.1, 0.15) is 27.2 Å². The van der Waals surface area contributed by atoms with Gasteiger partial charge in [0, 0.05) is 11.5 Å². The van der Waals surface area contributed by atoms with E-state index in [0.29, 0.717) is 5.75 Å². The Labute approximate surface area is 199 Å². The van der Waals surface area contributed by atoms with Crippen molar-refractivity contribution in [1.82, 2.24) is 20.2 Å². The minimum absolute atomic E-state index is 0.0108. The molecule has 0 aliphatic carbocycles. The molecule has 0 saturated carbocycles. The Kier molecular flexibility index (Phi) is 7.42. The molecular weight excluding hydrogens is 500 g/mol. The molecule has 1 N–H and O–H groups in total. The van der Waals surface area contributed by atoms with Crippen molar-refractivity contribution in [2.24, 2.45) is 7.05 Å². The molecule has 8 nitrogen and oxygen atoms in total. The third kappa shape index (κ3) is 5.41. The first-order chi connectivity index (χ1) is 15.2. The highest BCUT2D eigenvalue weighted by atomic mass is 79.9. The van der Waals surface area contributed by atoms with Gasteiger partial charge in [-0.25, -0.2) is 9.80 Å². The molecule has 2 aromatic carbocycles. The molecule has 3 aromatic rings. The van der Waals surface area contributed by atoms with Crippen molar-refractivity contribution in [2.75, 3.05) is 7.11 Å². The number of benzene rings is 2. The highest BCUT2D eigenvalue weighted by molar-refractivity contribution is 9.10. The van der Waals surface area contributed by atoms with Gasteiger partial charge in [0.25, 0.3) is 5.91 Å². The number of nitrogens with zero attached hydrogens (tertiary/aromatic N) is 3. The molecule has 168 valence electrons. The number of nitrogens with one attached hydrogen (secondary N) is 1. The van der Waals surface area contributed by atoms with Crippen molar-refractivity contribution >= 4 is 39.5 Å². The van der Waals surface area contributed by atoms with E-state index in [2.05, 4.69) is 26.5 Å². The van der Waals surface area contributed by atoms with Gasteiger partial charge < -0.3 is 9.47 Å². The van der Waals surface area contributed by atoms with E-state index < -0.39 is 12.0 Å². The van der Waals surface area contributed by atoms with Gasteiger partial charge >= 0.3 is 6.09 Å². The maximum absolute atomic E-state index is 13.1. The molecule has 0 saturated heterocycles. The van der Waals surface area contributed by atoms with Crippen LogP contribution in [0.2, 0.25) is 5.15 Å². The third-order valence-corrected chi connectivity index (χ3v) is 5.39. The van der Waals surface area contributed by atoms with E-state index in [9.17, 15) is 9.59 Å².